The SMILES string of the molecule is [CH2]Cn1c(Nc2cc(Cl)cc(C(F)(F)F)c2)nc2cnc(NC3CCCC3)nc21. The molecule has 1 saturated carbocycles. The number of anilines is 3. The lowest BCUT2D eigenvalue weighted by Crippen LogP contribution is -2.16. The topological polar surface area (TPSA) is 67.7 Å². The van der Waals surface area contributed by atoms with E-state index in [1.807, 2.05) is 0 Å². The van der Waals surface area contributed by atoms with Crippen LogP contribution in [0.25, 0.3) is 11.2 Å². The molecule has 29 heavy (non-hydrogen) atoms. The van der Waals surface area contributed by atoms with Crippen LogP contribution in [0.5, 0.6) is 0 Å². The second-order valence-electron chi connectivity index (χ2n) is 6.97. The van der Waals surface area contributed by atoms with E-state index in [1.165, 1.54) is 18.9 Å². The van der Waals surface area contributed by atoms with Gasteiger partial charge in [-0.1, -0.05) is 24.4 Å². The lowest BCUT2D eigenvalue weighted by molar-refractivity contribution is -0.137. The maximum atomic E-state index is 13.1. The minimum absolute atomic E-state index is 0.0255. The van der Waals surface area contributed by atoms with Crippen LogP contribution in [0.2, 0.25) is 5.02 Å². The van der Waals surface area contributed by atoms with Gasteiger partial charge in [0.15, 0.2) is 5.65 Å². The quantitative estimate of drug-likeness (QED) is 0.572. The number of nitrogens with one attached hydrogen (secondary N) is 2. The number of benzene rings is 1. The molecule has 2 aromatic heterocycles. The second-order valence-corrected chi connectivity index (χ2v) is 7.40. The van der Waals surface area contributed by atoms with Crippen molar-refractivity contribution < 1.29 is 13.2 Å². The zero-order chi connectivity index (χ0) is 20.6. The maximum absolute atomic E-state index is 13.1. The van der Waals surface area contributed by atoms with Gasteiger partial charge in [0.25, 0.3) is 0 Å². The van der Waals surface area contributed by atoms with Crippen LogP contribution < -0.4 is 10.6 Å². The fourth-order valence-electron chi connectivity index (χ4n) is 3.50. The van der Waals surface area contributed by atoms with Crippen molar-refractivity contribution >= 4 is 40.3 Å². The highest BCUT2D eigenvalue weighted by Gasteiger charge is 2.31. The first kappa shape index (κ1) is 19.8. The Hall–Kier alpha value is -2.55. The Morgan fingerprint density at radius 2 is 1.93 bits per heavy atom. The number of hydrogen-bond donors (Lipinski definition) is 2. The van der Waals surface area contributed by atoms with Gasteiger partial charge >= 0.3 is 6.18 Å². The van der Waals surface area contributed by atoms with Crippen molar-refractivity contribution in [2.24, 2.45) is 0 Å². The number of fused-ring (bicyclic) bond motifs is 1. The summed E-state index contributed by atoms with van der Waals surface area (Å²) in [7, 11) is 0. The molecule has 1 radical (unpaired) electrons. The van der Waals surface area contributed by atoms with Gasteiger partial charge in [-0.2, -0.15) is 18.2 Å². The first-order chi connectivity index (χ1) is 13.8. The van der Waals surface area contributed by atoms with Gasteiger partial charge in [0.2, 0.25) is 11.9 Å². The van der Waals surface area contributed by atoms with E-state index in [4.69, 9.17) is 11.6 Å². The van der Waals surface area contributed by atoms with Crippen molar-refractivity contribution in [2.45, 2.75) is 44.4 Å². The van der Waals surface area contributed by atoms with E-state index in [1.54, 1.807) is 10.8 Å². The van der Waals surface area contributed by atoms with Crippen molar-refractivity contribution in [3.05, 3.63) is 41.9 Å². The largest absolute Gasteiger partial charge is 0.416 e. The van der Waals surface area contributed by atoms with Gasteiger partial charge in [0.1, 0.15) is 5.52 Å². The molecular formula is C19H19ClF3N6. The number of nitrogens with zero attached hydrogens (tertiary/aromatic N) is 4. The van der Waals surface area contributed by atoms with Crippen LogP contribution in [0.4, 0.5) is 30.8 Å². The normalized spacial score (nSPS) is 15.2. The lowest BCUT2D eigenvalue weighted by atomic mass is 10.2. The van der Waals surface area contributed by atoms with Crippen LogP contribution >= 0.6 is 11.6 Å². The molecule has 0 unspecified atom stereocenters. The molecule has 1 aliphatic rings. The molecule has 0 spiro atoms. The third kappa shape index (κ3) is 4.24. The van der Waals surface area contributed by atoms with Gasteiger partial charge in [-0.15, -0.1) is 0 Å². The Kier molecular flexibility index (Phi) is 5.24. The molecule has 3 aromatic rings. The predicted octanol–water partition coefficient (Wildman–Crippen LogP) is 5.43. The van der Waals surface area contributed by atoms with E-state index in [0.717, 1.165) is 25.0 Å². The van der Waals surface area contributed by atoms with E-state index in [2.05, 4.69) is 32.5 Å². The van der Waals surface area contributed by atoms with Gasteiger partial charge in [-0.05, 0) is 38.0 Å². The molecule has 0 atom stereocenters. The fourth-order valence-corrected chi connectivity index (χ4v) is 3.74. The standard InChI is InChI=1S/C19H19ClF3N6/c1-2-29-16-15(10-24-17(28-16)25-13-5-3-4-6-13)27-18(29)26-14-8-11(19(21,22)23)7-12(20)9-14/h7-10,13H,1-6H2,(H,26,27)(H,24,25,28). The molecule has 0 amide bonds. The maximum Gasteiger partial charge on any atom is 0.416 e. The van der Waals surface area contributed by atoms with Crippen LogP contribution in [0.1, 0.15) is 31.2 Å². The van der Waals surface area contributed by atoms with Crippen molar-refractivity contribution in [2.75, 3.05) is 10.6 Å². The van der Waals surface area contributed by atoms with Crippen LogP contribution in [0.15, 0.2) is 24.4 Å². The zero-order valence-electron chi connectivity index (χ0n) is 15.4. The lowest BCUT2D eigenvalue weighted by Gasteiger charge is -2.13. The van der Waals surface area contributed by atoms with Crippen molar-refractivity contribution in [3.8, 4) is 0 Å². The molecule has 2 heterocycles. The molecular weight excluding hydrogens is 405 g/mol. The summed E-state index contributed by atoms with van der Waals surface area (Å²) < 4.78 is 40.9. The molecule has 0 aliphatic heterocycles. The van der Waals surface area contributed by atoms with Crippen LogP contribution in [0.3, 0.4) is 0 Å². The Bertz CT molecular complexity index is 1030. The highest BCUT2D eigenvalue weighted by atomic mass is 35.5. The molecule has 10 heteroatoms. The van der Waals surface area contributed by atoms with Crippen molar-refractivity contribution in [1.82, 2.24) is 19.5 Å². The summed E-state index contributed by atoms with van der Waals surface area (Å²) in [6, 6.07) is 3.62. The van der Waals surface area contributed by atoms with E-state index < -0.39 is 11.7 Å². The summed E-state index contributed by atoms with van der Waals surface area (Å²) in [6.07, 6.45) is 1.63. The third-order valence-corrected chi connectivity index (χ3v) is 5.10. The van der Waals surface area contributed by atoms with E-state index in [-0.39, 0.29) is 17.3 Å². The average Bonchev–Trinajstić information content (AvgIpc) is 3.27. The molecule has 1 aliphatic carbocycles. The van der Waals surface area contributed by atoms with Crippen molar-refractivity contribution in [1.29, 1.82) is 0 Å². The Morgan fingerprint density at radius 3 is 2.62 bits per heavy atom. The van der Waals surface area contributed by atoms with Crippen LogP contribution in [-0.2, 0) is 12.7 Å². The summed E-state index contributed by atoms with van der Waals surface area (Å²) >= 11 is 5.87. The predicted molar refractivity (Wildman–Crippen MR) is 106 cm³/mol. The summed E-state index contributed by atoms with van der Waals surface area (Å²) in [5.74, 6) is 0.824. The van der Waals surface area contributed by atoms with Gasteiger partial charge in [-0.25, -0.2) is 9.97 Å². The number of rotatable bonds is 5. The smallest absolute Gasteiger partial charge is 0.351 e. The first-order valence-electron chi connectivity index (χ1n) is 9.27. The van der Waals surface area contributed by atoms with Crippen molar-refractivity contribution in [3.63, 3.8) is 0 Å². The number of alkyl halides is 3. The number of imidazole rings is 1. The Labute approximate surface area is 170 Å². The summed E-state index contributed by atoms with van der Waals surface area (Å²) in [5.41, 5.74) is 0.405. The van der Waals surface area contributed by atoms with E-state index in [0.29, 0.717) is 29.1 Å². The molecule has 153 valence electrons. The highest BCUT2D eigenvalue weighted by Crippen LogP contribution is 2.34. The minimum Gasteiger partial charge on any atom is -0.351 e. The summed E-state index contributed by atoms with van der Waals surface area (Å²) in [6.45, 7) is 4.17. The number of hydrogen-bond acceptors (Lipinski definition) is 5. The molecule has 1 aromatic carbocycles. The van der Waals surface area contributed by atoms with Crippen LogP contribution in [-0.4, -0.2) is 25.6 Å². The van der Waals surface area contributed by atoms with Gasteiger partial charge in [0.05, 0.1) is 11.8 Å². The van der Waals surface area contributed by atoms with E-state index in [9.17, 15) is 13.2 Å². The zero-order valence-corrected chi connectivity index (χ0v) is 16.2. The van der Waals surface area contributed by atoms with Gasteiger partial charge < -0.3 is 10.6 Å². The van der Waals surface area contributed by atoms with Gasteiger partial charge in [-0.3, -0.25) is 4.57 Å². The summed E-state index contributed by atoms with van der Waals surface area (Å²) in [5, 5.41) is 6.20. The number of halogens is 4. The number of aromatic nitrogens is 4. The molecule has 2 N–H and O–H groups in total. The third-order valence-electron chi connectivity index (χ3n) is 4.88. The molecule has 1 fully saturated rings. The molecule has 0 saturated heterocycles. The molecule has 6 nitrogen and oxygen atoms in total. The monoisotopic (exact) mass is 423 g/mol. The highest BCUT2D eigenvalue weighted by molar-refractivity contribution is 6.31. The average molecular weight is 424 g/mol. The first-order valence-corrected chi connectivity index (χ1v) is 9.65. The summed E-state index contributed by atoms with van der Waals surface area (Å²) in [4.78, 5) is 13.3. The van der Waals surface area contributed by atoms with E-state index >= 15 is 0 Å². The second kappa shape index (κ2) is 7.70. The molecule has 4 rings (SSSR count). The fraction of sp³-hybridized carbons (Fsp3) is 0.368. The Morgan fingerprint density at radius 1 is 1.17 bits per heavy atom. The molecule has 0 bridgehead atoms. The minimum atomic E-state index is -4.50. The van der Waals surface area contributed by atoms with Gasteiger partial charge in [0, 0.05) is 23.3 Å². The van der Waals surface area contributed by atoms with Crippen LogP contribution in [0, 0.1) is 6.92 Å². The Balaban J connectivity index is 1.66.